The zero-order chi connectivity index (χ0) is 13.5. The van der Waals surface area contributed by atoms with Crippen LogP contribution in [0.2, 0.25) is 0 Å². The lowest BCUT2D eigenvalue weighted by atomic mass is 10.3. The van der Waals surface area contributed by atoms with Crippen molar-refractivity contribution in [3.63, 3.8) is 0 Å². The molecule has 1 saturated heterocycles. The molecule has 1 aromatic carbocycles. The van der Waals surface area contributed by atoms with Crippen molar-refractivity contribution in [1.29, 1.82) is 0 Å². The molecule has 1 aliphatic heterocycles. The van der Waals surface area contributed by atoms with Crippen LogP contribution >= 0.6 is 0 Å². The van der Waals surface area contributed by atoms with Crippen molar-refractivity contribution in [1.82, 2.24) is 9.38 Å². The molecule has 2 N–H and O–H groups in total. The van der Waals surface area contributed by atoms with Crippen molar-refractivity contribution < 1.29 is 34.3 Å². The SMILES string of the molecule is Cc1cn2c3ccccc3[n+](CC[NH+]3CCCC3)c2[nH]1.[Cl-].[Cl-]. The highest BCUT2D eigenvalue weighted by atomic mass is 35.5. The highest BCUT2D eigenvalue weighted by molar-refractivity contribution is 5.74. The Morgan fingerprint density at radius 3 is 2.68 bits per heavy atom. The van der Waals surface area contributed by atoms with Gasteiger partial charge in [0.05, 0.1) is 13.1 Å². The number of nitrogens with one attached hydrogen (secondary N) is 2. The quantitative estimate of drug-likeness (QED) is 0.446. The molecule has 1 aliphatic rings. The summed E-state index contributed by atoms with van der Waals surface area (Å²) < 4.78 is 4.72. The Balaban J connectivity index is 0.000000882. The van der Waals surface area contributed by atoms with Gasteiger partial charge in [0, 0.05) is 12.8 Å². The standard InChI is InChI=1S/C16H20N4.2ClH/c1-13-12-20-15-7-3-2-6-14(15)19(16(20)17-13)11-10-18-8-4-5-9-18;;/h2-3,6-7,12H,4-5,8-11H2,1H3;2*1H. The number of aromatic nitrogens is 3. The topological polar surface area (TPSA) is 28.5 Å². The van der Waals surface area contributed by atoms with E-state index in [4.69, 9.17) is 0 Å². The summed E-state index contributed by atoms with van der Waals surface area (Å²) in [6, 6.07) is 8.68. The van der Waals surface area contributed by atoms with Gasteiger partial charge in [-0.25, -0.2) is 9.55 Å². The Kier molecular flexibility index (Phi) is 5.37. The molecule has 0 aliphatic carbocycles. The van der Waals surface area contributed by atoms with Crippen molar-refractivity contribution in [3.8, 4) is 0 Å². The largest absolute Gasteiger partial charge is 1.00 e. The van der Waals surface area contributed by atoms with Gasteiger partial charge >= 0.3 is 5.78 Å². The summed E-state index contributed by atoms with van der Waals surface area (Å²) in [5.74, 6) is 1.21. The predicted molar refractivity (Wildman–Crippen MR) is 79.0 cm³/mol. The molecule has 0 unspecified atom stereocenters. The third-order valence-corrected chi connectivity index (χ3v) is 4.55. The molecule has 3 heterocycles. The molecule has 22 heavy (non-hydrogen) atoms. The minimum atomic E-state index is 0. The van der Waals surface area contributed by atoms with Crippen LogP contribution < -0.4 is 34.3 Å². The fourth-order valence-electron chi connectivity index (χ4n) is 3.54. The summed E-state index contributed by atoms with van der Waals surface area (Å²) in [5.41, 5.74) is 3.84. The van der Waals surface area contributed by atoms with Gasteiger partial charge in [-0.3, -0.25) is 0 Å². The van der Waals surface area contributed by atoms with E-state index >= 15 is 0 Å². The number of aromatic amines is 1. The maximum Gasteiger partial charge on any atom is 0.368 e. The number of quaternary nitrogens is 1. The number of fused-ring (bicyclic) bond motifs is 3. The van der Waals surface area contributed by atoms with Crippen LogP contribution in [0.4, 0.5) is 0 Å². The summed E-state index contributed by atoms with van der Waals surface area (Å²) >= 11 is 0. The zero-order valence-corrected chi connectivity index (χ0v) is 14.3. The molecule has 120 valence electrons. The molecular formula is C16H22Cl2N4. The Morgan fingerprint density at radius 1 is 1.18 bits per heavy atom. The number of benzene rings is 1. The van der Waals surface area contributed by atoms with Crippen molar-refractivity contribution in [2.24, 2.45) is 0 Å². The van der Waals surface area contributed by atoms with E-state index in [9.17, 15) is 0 Å². The molecule has 4 nitrogen and oxygen atoms in total. The van der Waals surface area contributed by atoms with E-state index in [0.717, 1.165) is 6.54 Å². The van der Waals surface area contributed by atoms with Crippen molar-refractivity contribution in [2.45, 2.75) is 26.3 Å². The van der Waals surface area contributed by atoms with Crippen molar-refractivity contribution in [3.05, 3.63) is 36.2 Å². The van der Waals surface area contributed by atoms with Gasteiger partial charge in [0.2, 0.25) is 0 Å². The number of nitrogens with zero attached hydrogens (tertiary/aromatic N) is 2. The van der Waals surface area contributed by atoms with Crippen LogP contribution in [-0.4, -0.2) is 29.0 Å². The molecule has 2 aromatic heterocycles. The molecule has 3 aromatic rings. The van der Waals surface area contributed by atoms with Crippen LogP contribution in [0.25, 0.3) is 16.8 Å². The van der Waals surface area contributed by atoms with Crippen LogP contribution in [-0.2, 0) is 6.54 Å². The van der Waals surface area contributed by atoms with E-state index in [0.29, 0.717) is 0 Å². The van der Waals surface area contributed by atoms with Gasteiger partial charge in [-0.2, -0.15) is 4.40 Å². The second kappa shape index (κ2) is 6.90. The zero-order valence-electron chi connectivity index (χ0n) is 12.8. The van der Waals surface area contributed by atoms with Gasteiger partial charge in [0.25, 0.3) is 0 Å². The first kappa shape index (κ1) is 17.1. The van der Waals surface area contributed by atoms with Gasteiger partial charge in [-0.05, 0) is 19.1 Å². The average Bonchev–Trinajstić information content (AvgIpc) is 3.13. The Labute approximate surface area is 142 Å². The lowest BCUT2D eigenvalue weighted by molar-refractivity contribution is -0.904. The van der Waals surface area contributed by atoms with Crippen LogP contribution in [0.3, 0.4) is 0 Å². The molecule has 0 atom stereocenters. The molecule has 0 bridgehead atoms. The fraction of sp³-hybridized carbons (Fsp3) is 0.438. The first-order chi connectivity index (χ1) is 9.83. The monoisotopic (exact) mass is 340 g/mol. The molecule has 1 fully saturated rings. The lowest BCUT2D eigenvalue weighted by Gasteiger charge is -2.10. The molecule has 0 radical (unpaired) electrons. The first-order valence-corrected chi connectivity index (χ1v) is 7.65. The van der Waals surface area contributed by atoms with Crippen LogP contribution in [0.15, 0.2) is 30.5 Å². The summed E-state index contributed by atoms with van der Waals surface area (Å²) in [7, 11) is 0. The summed E-state index contributed by atoms with van der Waals surface area (Å²) in [4.78, 5) is 5.26. The number of rotatable bonds is 3. The molecule has 4 rings (SSSR count). The summed E-state index contributed by atoms with van der Waals surface area (Å²) in [6.45, 7) is 7.13. The third kappa shape index (κ3) is 2.83. The maximum absolute atomic E-state index is 3.51. The Hall–Kier alpha value is -1.23. The maximum atomic E-state index is 3.51. The number of likely N-dealkylation sites (tertiary alicyclic amines) is 1. The van der Waals surface area contributed by atoms with E-state index in [-0.39, 0.29) is 24.8 Å². The second-order valence-corrected chi connectivity index (χ2v) is 5.98. The number of aryl methyl sites for hydroxylation is 1. The van der Waals surface area contributed by atoms with Crippen LogP contribution in [0.1, 0.15) is 18.5 Å². The third-order valence-electron chi connectivity index (χ3n) is 4.55. The molecule has 0 saturated carbocycles. The van der Waals surface area contributed by atoms with E-state index in [1.165, 1.54) is 55.0 Å². The highest BCUT2D eigenvalue weighted by Gasteiger charge is 2.22. The Bertz CT molecular complexity index is 756. The van der Waals surface area contributed by atoms with Crippen molar-refractivity contribution in [2.75, 3.05) is 19.6 Å². The average molecular weight is 341 g/mol. The lowest BCUT2D eigenvalue weighted by Crippen LogP contribution is -3.10. The summed E-state index contributed by atoms with van der Waals surface area (Å²) in [5, 5.41) is 0. The summed E-state index contributed by atoms with van der Waals surface area (Å²) in [6.07, 6.45) is 4.98. The van der Waals surface area contributed by atoms with E-state index in [1.807, 2.05) is 0 Å². The molecule has 6 heteroatoms. The van der Waals surface area contributed by atoms with Gasteiger partial charge in [0.15, 0.2) is 0 Å². The minimum absolute atomic E-state index is 0. The van der Waals surface area contributed by atoms with Gasteiger partial charge in [-0.1, -0.05) is 12.1 Å². The van der Waals surface area contributed by atoms with Gasteiger partial charge in [-0.15, -0.1) is 0 Å². The minimum Gasteiger partial charge on any atom is -1.00 e. The van der Waals surface area contributed by atoms with Gasteiger partial charge in [0.1, 0.15) is 36.0 Å². The Morgan fingerprint density at radius 2 is 1.91 bits per heavy atom. The van der Waals surface area contributed by atoms with E-state index in [1.54, 1.807) is 4.90 Å². The van der Waals surface area contributed by atoms with Crippen LogP contribution in [0, 0.1) is 6.92 Å². The number of hydrogen-bond donors (Lipinski definition) is 2. The van der Waals surface area contributed by atoms with Crippen LogP contribution in [0.5, 0.6) is 0 Å². The molecule has 0 spiro atoms. The molecular weight excluding hydrogens is 319 g/mol. The predicted octanol–water partition coefficient (Wildman–Crippen LogP) is -5.30. The number of hydrogen-bond acceptors (Lipinski definition) is 0. The number of H-pyrrole nitrogens is 1. The van der Waals surface area contributed by atoms with Gasteiger partial charge < -0.3 is 29.7 Å². The molecule has 0 amide bonds. The fourth-order valence-corrected chi connectivity index (χ4v) is 3.54. The van der Waals surface area contributed by atoms with Crippen molar-refractivity contribution >= 4 is 16.8 Å². The first-order valence-electron chi connectivity index (χ1n) is 7.65. The van der Waals surface area contributed by atoms with E-state index in [2.05, 4.69) is 51.3 Å². The number of halogens is 2. The highest BCUT2D eigenvalue weighted by Crippen LogP contribution is 2.14. The second-order valence-electron chi connectivity index (χ2n) is 5.98. The van der Waals surface area contributed by atoms with E-state index < -0.39 is 0 Å². The number of para-hydroxylation sites is 2. The smallest absolute Gasteiger partial charge is 0.368 e. The number of imidazole rings is 2. The normalized spacial score (nSPS) is 15.1.